The monoisotopic (exact) mass is 1400 g/mol. The zero-order valence-corrected chi connectivity index (χ0v) is 52.2. The average molecular weight is 1400 g/mol. The Balaban J connectivity index is 1.07. The maximum absolute atomic E-state index is 12.8. The number of aliphatic carboxylic acids is 1. The van der Waals surface area contributed by atoms with E-state index in [1.807, 2.05) is 0 Å². The van der Waals surface area contributed by atoms with Gasteiger partial charge in [-0.1, -0.05) is 0 Å². The van der Waals surface area contributed by atoms with Crippen molar-refractivity contribution in [1.82, 2.24) is 21.3 Å². The minimum Gasteiger partial charge on any atom is -0.477 e. The number of nitrogens with one attached hydrogen (secondary N) is 4. The molecule has 554 valence electrons. The Morgan fingerprint density at radius 3 is 1.18 bits per heavy atom. The first kappa shape index (κ1) is 79.4. The van der Waals surface area contributed by atoms with Crippen LogP contribution in [0.25, 0.3) is 0 Å². The molecule has 96 heavy (non-hydrogen) atoms. The maximum Gasteiger partial charge on any atom is 0.364 e. The van der Waals surface area contributed by atoms with Gasteiger partial charge in [0.25, 0.3) is 5.79 Å². The van der Waals surface area contributed by atoms with Crippen LogP contribution in [-0.2, 0) is 85.6 Å². The van der Waals surface area contributed by atoms with E-state index in [4.69, 9.17) is 61.6 Å². The molecule has 0 saturated carbocycles. The summed E-state index contributed by atoms with van der Waals surface area (Å²) in [4.78, 5) is 62.5. The second kappa shape index (κ2) is 34.2. The Labute approximate surface area is 544 Å². The molecule has 24 N–H and O–H groups in total. The summed E-state index contributed by atoms with van der Waals surface area (Å²) in [6, 6.07) is -6.50. The molecule has 0 aliphatic carbocycles. The normalized spacial score (nSPS) is 46.0. The first-order valence-corrected chi connectivity index (χ1v) is 30.6. The summed E-state index contributed by atoms with van der Waals surface area (Å²) in [6.07, 6.45) is -61.8. The van der Waals surface area contributed by atoms with Gasteiger partial charge in [0.15, 0.2) is 31.5 Å². The lowest BCUT2D eigenvalue weighted by Gasteiger charge is -2.51. The van der Waals surface area contributed by atoms with E-state index >= 15 is 0 Å². The van der Waals surface area contributed by atoms with Crippen LogP contribution in [0.1, 0.15) is 41.0 Å². The lowest BCUT2D eigenvalue weighted by Crippen LogP contribution is -2.71. The van der Waals surface area contributed by atoms with Crippen molar-refractivity contribution in [2.24, 2.45) is 0 Å². The van der Waals surface area contributed by atoms with Crippen molar-refractivity contribution in [1.29, 1.82) is 0 Å². The molecule has 0 aromatic carbocycles. The number of ether oxygens (including phenoxy) is 13. The molecule has 14 unspecified atom stereocenters. The third-order valence-corrected chi connectivity index (χ3v) is 17.4. The lowest BCUT2D eigenvalue weighted by atomic mass is 9.88. The Hall–Kier alpha value is -3.93. The zero-order chi connectivity index (χ0) is 71.3. The van der Waals surface area contributed by atoms with Crippen LogP contribution >= 0.6 is 0 Å². The fourth-order valence-corrected chi connectivity index (χ4v) is 12.5. The van der Waals surface area contributed by atoms with E-state index in [0.717, 1.165) is 27.7 Å². The molecule has 7 fully saturated rings. The minimum atomic E-state index is -3.02. The van der Waals surface area contributed by atoms with Gasteiger partial charge in [0.2, 0.25) is 23.6 Å². The maximum atomic E-state index is 12.8. The van der Waals surface area contributed by atoms with Crippen LogP contribution < -0.4 is 21.3 Å². The second-order valence-electron chi connectivity index (χ2n) is 24.3. The van der Waals surface area contributed by atoms with E-state index in [9.17, 15) is 126 Å². The third kappa shape index (κ3) is 17.5. The second-order valence-corrected chi connectivity index (χ2v) is 24.3. The SMILES string of the molecule is CC(=O)NC1C(C)OC(CO)[C@@H](O[C@@H]2OC(CO)[C@H](O)[C@H](O[C@@H]3OC(CO)[C@@H](O[C@@H]4OC(CO)[C@H](O)[C@H](O[C@@H]5OC(CO)[C@@H](O[C@@H]6OC(CO[C@]7(C(=O)O)C[C@@H](O)[C@@H](NC(C)=O)C([C@H](O)[C@H](O)CO)O7)[C@H](O)[C@H](O)C6O)[C@H](O)C5NC(C)=O)C4O)[C@H](O)C3NC(C)=O)C2O)[C@@H]1O. The molecule has 7 heterocycles. The minimum absolute atomic E-state index is 0.579. The smallest absolute Gasteiger partial charge is 0.364 e. The van der Waals surface area contributed by atoms with Gasteiger partial charge in [-0.15, -0.1) is 0 Å². The van der Waals surface area contributed by atoms with Crippen molar-refractivity contribution in [3.05, 3.63) is 0 Å². The number of hydrogen-bond donors (Lipinski definition) is 24. The highest BCUT2D eigenvalue weighted by molar-refractivity contribution is 5.77. The van der Waals surface area contributed by atoms with E-state index in [1.165, 1.54) is 6.92 Å². The van der Waals surface area contributed by atoms with Crippen LogP contribution in [0.3, 0.4) is 0 Å². The fraction of sp³-hybridized carbons (Fsp3) is 0.907. The van der Waals surface area contributed by atoms with Crippen molar-refractivity contribution in [2.75, 3.05) is 46.2 Å². The number of aliphatic hydroxyl groups is 19. The molecule has 7 saturated heterocycles. The average Bonchev–Trinajstić information content (AvgIpc) is 0.776. The first-order chi connectivity index (χ1) is 45.2. The fourth-order valence-electron chi connectivity index (χ4n) is 12.5. The first-order valence-electron chi connectivity index (χ1n) is 30.6. The van der Waals surface area contributed by atoms with E-state index < -0.39 is 302 Å². The summed E-state index contributed by atoms with van der Waals surface area (Å²) in [6.45, 7) is -1.80. The predicted octanol–water partition coefficient (Wildman–Crippen LogP) is -15.4. The molecule has 0 aromatic heterocycles. The number of hydrogen-bond acceptors (Lipinski definition) is 37. The molecule has 0 spiro atoms. The number of carbonyl (C=O) groups excluding carboxylic acids is 4. The summed E-state index contributed by atoms with van der Waals surface area (Å²) in [7, 11) is 0. The van der Waals surface area contributed by atoms with Crippen molar-refractivity contribution in [2.45, 2.75) is 261 Å². The van der Waals surface area contributed by atoms with E-state index in [1.54, 1.807) is 0 Å². The van der Waals surface area contributed by atoms with Crippen molar-refractivity contribution in [3.8, 4) is 0 Å². The van der Waals surface area contributed by atoms with E-state index in [2.05, 4.69) is 21.3 Å². The third-order valence-electron chi connectivity index (χ3n) is 17.4. The van der Waals surface area contributed by atoms with Gasteiger partial charge in [-0.25, -0.2) is 4.79 Å². The molecule has 0 radical (unpaired) electrons. The largest absolute Gasteiger partial charge is 0.477 e. The van der Waals surface area contributed by atoms with Crippen LogP contribution in [0.2, 0.25) is 0 Å². The van der Waals surface area contributed by atoms with Gasteiger partial charge in [-0.2, -0.15) is 0 Å². The molecule has 42 heteroatoms. The van der Waals surface area contributed by atoms with Gasteiger partial charge in [0.1, 0.15) is 159 Å². The Morgan fingerprint density at radius 2 is 0.781 bits per heavy atom. The summed E-state index contributed by atoms with van der Waals surface area (Å²) in [5, 5.41) is 229. The van der Waals surface area contributed by atoms with Crippen LogP contribution in [0.5, 0.6) is 0 Å². The summed E-state index contributed by atoms with van der Waals surface area (Å²) < 4.78 is 75.6. The molecule has 4 amide bonds. The van der Waals surface area contributed by atoms with Crippen molar-refractivity contribution >= 4 is 29.6 Å². The molecule has 36 atom stereocenters. The summed E-state index contributed by atoms with van der Waals surface area (Å²) in [5.41, 5.74) is 0. The van der Waals surface area contributed by atoms with Gasteiger partial charge in [0, 0.05) is 34.1 Å². The molecular formula is C54H90N4O38. The van der Waals surface area contributed by atoms with Crippen LogP contribution in [0.15, 0.2) is 0 Å². The topological polar surface area (TPSA) is 658 Å². The summed E-state index contributed by atoms with van der Waals surface area (Å²) >= 11 is 0. The molecule has 42 nitrogen and oxygen atoms in total. The van der Waals surface area contributed by atoms with Crippen molar-refractivity contribution < 1.29 is 188 Å². The number of aliphatic hydroxyl groups excluding tert-OH is 19. The Kier molecular flexibility index (Phi) is 28.2. The number of amides is 4. The summed E-state index contributed by atoms with van der Waals surface area (Å²) in [5.74, 6) is -8.21. The molecular weight excluding hydrogens is 1310 g/mol. The van der Waals surface area contributed by atoms with Gasteiger partial charge < -0.3 is 185 Å². The molecule has 7 aliphatic heterocycles. The van der Waals surface area contributed by atoms with Crippen LogP contribution in [-0.4, -0.2) is 398 Å². The van der Waals surface area contributed by atoms with Gasteiger partial charge in [0.05, 0.1) is 70.5 Å². The number of carboxylic acid groups (broad SMARTS) is 1. The molecule has 0 bridgehead atoms. The quantitative estimate of drug-likeness (QED) is 0.0382. The van der Waals surface area contributed by atoms with Gasteiger partial charge >= 0.3 is 5.97 Å². The van der Waals surface area contributed by atoms with Crippen LogP contribution in [0, 0.1) is 0 Å². The highest BCUT2D eigenvalue weighted by Gasteiger charge is 2.61. The zero-order valence-electron chi connectivity index (χ0n) is 52.2. The van der Waals surface area contributed by atoms with Gasteiger partial charge in [-0.05, 0) is 6.92 Å². The van der Waals surface area contributed by atoms with Crippen LogP contribution in [0.4, 0.5) is 0 Å². The highest BCUT2D eigenvalue weighted by atomic mass is 16.8. The predicted molar refractivity (Wildman–Crippen MR) is 299 cm³/mol. The van der Waals surface area contributed by atoms with Gasteiger partial charge in [-0.3, -0.25) is 19.2 Å². The van der Waals surface area contributed by atoms with Crippen molar-refractivity contribution in [3.63, 3.8) is 0 Å². The molecule has 0 aromatic rings. The van der Waals surface area contributed by atoms with E-state index in [0.29, 0.717) is 0 Å². The molecule has 7 rings (SSSR count). The number of rotatable bonds is 26. The lowest BCUT2D eigenvalue weighted by molar-refractivity contribution is -0.385. The highest BCUT2D eigenvalue weighted by Crippen LogP contribution is 2.39. The standard InChI is InChI=1S/C54H90N4O38/c1-14-27(55-15(2)65)35(75)42(23(10-62)85-14)92-51-40(80)46(33(73)21(8-60)86-51)94-49-30(58-18(5)68)37(77)44(25(12-64)89-49)93-52-41(81)47(34(74)22(9-61)87-52)95-48-29(57-17(4)67)36(76)43(24(11-63)88-48)91-50-39(79)38(78)32(72)26(90-50)13-84-54(53(82)83)6-19(69)28(56-16(3)66)45(96-54)31(71)20(70)7-59/h14,19-52,59-64,69-81H,6-13H2,1-5H3,(H,55,65)(H,56,66)(H,57,67)(H,58,68)(H,82,83)/t14?,19-,20-,21?,22?,23?,24?,25?,26?,27?,28-,29?,30?,31-,32+,33+,34+,35-,36-,37-,38+,39?,40?,41?,42-,43-,44-,45?,46+,47+,48+,49+,50+,51+,52+,54-/m1/s1. The Morgan fingerprint density at radius 1 is 0.427 bits per heavy atom. The molecule has 7 aliphatic rings. The Bertz CT molecular complexity index is 2540. The van der Waals surface area contributed by atoms with E-state index in [-0.39, 0.29) is 0 Å². The number of carbonyl (C=O) groups is 5. The number of carboxylic acids is 1.